The van der Waals surface area contributed by atoms with Gasteiger partial charge in [0.05, 0.1) is 6.61 Å². The van der Waals surface area contributed by atoms with Gasteiger partial charge in [-0.1, -0.05) is 39.0 Å². The molecule has 0 amide bonds. The van der Waals surface area contributed by atoms with Crippen molar-refractivity contribution in [1.82, 2.24) is 0 Å². The number of alkyl halides is 2. The van der Waals surface area contributed by atoms with Crippen LogP contribution in [0.3, 0.4) is 0 Å². The molecule has 0 spiro atoms. The molecule has 4 heteroatoms. The molecule has 0 fully saturated rings. The molecule has 86 valence electrons. The average molecular weight is 276 g/mol. The van der Waals surface area contributed by atoms with Crippen molar-refractivity contribution in [2.75, 3.05) is 6.61 Å². The summed E-state index contributed by atoms with van der Waals surface area (Å²) >= 11 is 9.96. The predicted octanol–water partition coefficient (Wildman–Crippen LogP) is 3.96. The zero-order valence-corrected chi connectivity index (χ0v) is 12.0. The Morgan fingerprint density at radius 3 is 1.86 bits per heavy atom. The standard InChI is InChI=1S/C8H17.C2H4Cl2O.Ti/c1-3-5-7-8-6-4-2;3-2(4)1-5;/h1,3-8H2,2H3;2,5H,1H2;/q-1;;. The molecule has 0 aromatic heterocycles. The summed E-state index contributed by atoms with van der Waals surface area (Å²) in [6.45, 7) is 5.86. The van der Waals surface area contributed by atoms with Gasteiger partial charge in [-0.3, -0.25) is 0 Å². The minimum atomic E-state index is -0.616. The van der Waals surface area contributed by atoms with Crippen LogP contribution in [-0.4, -0.2) is 16.5 Å². The van der Waals surface area contributed by atoms with Crippen molar-refractivity contribution in [2.45, 2.75) is 50.3 Å². The Kier molecular flexibility index (Phi) is 29.1. The third-order valence-corrected chi connectivity index (χ3v) is 1.77. The van der Waals surface area contributed by atoms with Gasteiger partial charge in [0.1, 0.15) is 4.84 Å². The van der Waals surface area contributed by atoms with Gasteiger partial charge in [-0.2, -0.15) is 6.42 Å². The zero-order chi connectivity index (χ0) is 10.5. The summed E-state index contributed by atoms with van der Waals surface area (Å²) in [6.07, 6.45) is 7.98. The Morgan fingerprint density at radius 2 is 1.57 bits per heavy atom. The molecular formula is C10H21Cl2OTi-. The van der Waals surface area contributed by atoms with Crippen LogP contribution in [0, 0.1) is 6.92 Å². The molecule has 1 nitrogen and oxygen atoms in total. The van der Waals surface area contributed by atoms with E-state index in [0.717, 1.165) is 6.42 Å². The third-order valence-electron chi connectivity index (χ3n) is 1.49. The molecule has 0 aromatic carbocycles. The Balaban J connectivity index is -0.000000177. The second kappa shape index (κ2) is 19.8. The molecule has 0 rings (SSSR count). The summed E-state index contributed by atoms with van der Waals surface area (Å²) < 4.78 is 0. The van der Waals surface area contributed by atoms with Crippen molar-refractivity contribution in [1.29, 1.82) is 0 Å². The monoisotopic (exact) mass is 275 g/mol. The summed E-state index contributed by atoms with van der Waals surface area (Å²) in [5, 5.41) is 7.88. The van der Waals surface area contributed by atoms with Gasteiger partial charge in [0.25, 0.3) is 0 Å². The summed E-state index contributed by atoms with van der Waals surface area (Å²) in [5.74, 6) is 0. The molecule has 0 heterocycles. The van der Waals surface area contributed by atoms with Crippen LogP contribution in [0.1, 0.15) is 45.4 Å². The van der Waals surface area contributed by atoms with E-state index in [4.69, 9.17) is 28.3 Å². The summed E-state index contributed by atoms with van der Waals surface area (Å²) in [7, 11) is 0. The second-order valence-electron chi connectivity index (χ2n) is 2.84. The Morgan fingerprint density at radius 1 is 1.14 bits per heavy atom. The molecule has 0 aliphatic heterocycles. The van der Waals surface area contributed by atoms with E-state index in [1.54, 1.807) is 0 Å². The Labute approximate surface area is 113 Å². The molecule has 0 aliphatic rings. The van der Waals surface area contributed by atoms with E-state index in [2.05, 4.69) is 13.8 Å². The minimum absolute atomic E-state index is 0. The SMILES string of the molecule is OCC(Cl)Cl.[CH2-]CCCCCCC.[Ti]. The van der Waals surface area contributed by atoms with Crippen molar-refractivity contribution >= 4 is 23.2 Å². The second-order valence-corrected chi connectivity index (χ2v) is 4.12. The van der Waals surface area contributed by atoms with Gasteiger partial charge in [0.15, 0.2) is 0 Å². The maximum Gasteiger partial charge on any atom is 0.130 e. The Bertz CT molecular complexity index is 76.5. The Hall–Kier alpha value is 1.25. The first-order valence-electron chi connectivity index (χ1n) is 4.87. The van der Waals surface area contributed by atoms with Gasteiger partial charge in [-0.05, 0) is 0 Å². The van der Waals surface area contributed by atoms with E-state index >= 15 is 0 Å². The third kappa shape index (κ3) is 29.2. The first-order chi connectivity index (χ1) is 6.18. The smallest absolute Gasteiger partial charge is 0.130 e. The molecular weight excluding hydrogens is 255 g/mol. The van der Waals surface area contributed by atoms with Crippen LogP contribution in [0.4, 0.5) is 0 Å². The first-order valence-corrected chi connectivity index (χ1v) is 5.74. The quantitative estimate of drug-likeness (QED) is 0.337. The summed E-state index contributed by atoms with van der Waals surface area (Å²) in [5.41, 5.74) is 0. The molecule has 0 unspecified atom stereocenters. The first kappa shape index (κ1) is 20.6. The fourth-order valence-electron chi connectivity index (χ4n) is 0.780. The molecule has 0 aliphatic carbocycles. The normalized spacial score (nSPS) is 9.00. The van der Waals surface area contributed by atoms with E-state index in [1.807, 2.05) is 0 Å². The van der Waals surface area contributed by atoms with Gasteiger partial charge in [-0.15, -0.1) is 23.2 Å². The number of rotatable bonds is 6. The predicted molar refractivity (Wildman–Crippen MR) is 61.3 cm³/mol. The van der Waals surface area contributed by atoms with Gasteiger partial charge in [0, 0.05) is 21.7 Å². The van der Waals surface area contributed by atoms with E-state index in [9.17, 15) is 0 Å². The minimum Gasteiger partial charge on any atom is -0.394 e. The van der Waals surface area contributed by atoms with Gasteiger partial charge >= 0.3 is 0 Å². The number of unbranched alkanes of at least 4 members (excludes halogenated alkanes) is 5. The van der Waals surface area contributed by atoms with Crippen LogP contribution in [0.2, 0.25) is 0 Å². The molecule has 0 bridgehead atoms. The number of halogens is 2. The zero-order valence-electron chi connectivity index (χ0n) is 8.94. The fraction of sp³-hybridized carbons (Fsp3) is 0.900. The topological polar surface area (TPSA) is 20.2 Å². The van der Waals surface area contributed by atoms with Crippen LogP contribution in [-0.2, 0) is 21.7 Å². The molecule has 1 N–H and O–H groups in total. The van der Waals surface area contributed by atoms with Crippen molar-refractivity contribution in [3.05, 3.63) is 6.92 Å². The number of hydrogen-bond acceptors (Lipinski definition) is 1. The van der Waals surface area contributed by atoms with Gasteiger partial charge in [-0.25, -0.2) is 0 Å². The van der Waals surface area contributed by atoms with E-state index in [-0.39, 0.29) is 28.3 Å². The van der Waals surface area contributed by atoms with Crippen LogP contribution < -0.4 is 0 Å². The molecule has 0 atom stereocenters. The summed E-state index contributed by atoms with van der Waals surface area (Å²) in [4.78, 5) is -0.616. The van der Waals surface area contributed by atoms with Crippen LogP contribution in [0.25, 0.3) is 0 Å². The van der Waals surface area contributed by atoms with Crippen LogP contribution in [0.15, 0.2) is 0 Å². The number of aliphatic hydroxyl groups is 1. The molecule has 0 aromatic rings. The van der Waals surface area contributed by atoms with Crippen LogP contribution >= 0.6 is 23.2 Å². The number of hydrogen-bond donors (Lipinski definition) is 1. The van der Waals surface area contributed by atoms with Gasteiger partial charge in [0.2, 0.25) is 0 Å². The largest absolute Gasteiger partial charge is 0.394 e. The van der Waals surface area contributed by atoms with E-state index in [1.165, 1.54) is 32.1 Å². The van der Waals surface area contributed by atoms with Crippen molar-refractivity contribution in [3.8, 4) is 0 Å². The fourth-order valence-corrected chi connectivity index (χ4v) is 0.780. The maximum atomic E-state index is 7.88. The average Bonchev–Trinajstić information content (AvgIpc) is 2.14. The van der Waals surface area contributed by atoms with Crippen molar-refractivity contribution in [3.63, 3.8) is 0 Å². The van der Waals surface area contributed by atoms with Gasteiger partial charge < -0.3 is 12.0 Å². The van der Waals surface area contributed by atoms with Crippen molar-refractivity contribution < 1.29 is 26.8 Å². The maximum absolute atomic E-state index is 7.88. The summed E-state index contributed by atoms with van der Waals surface area (Å²) in [6, 6.07) is 0. The van der Waals surface area contributed by atoms with Crippen molar-refractivity contribution in [2.24, 2.45) is 0 Å². The molecule has 0 saturated heterocycles. The molecule has 0 radical (unpaired) electrons. The van der Waals surface area contributed by atoms with E-state index in [0.29, 0.717) is 0 Å². The molecule has 0 saturated carbocycles. The number of aliphatic hydroxyl groups excluding tert-OH is 1. The van der Waals surface area contributed by atoms with E-state index < -0.39 is 4.84 Å². The van der Waals surface area contributed by atoms with Crippen LogP contribution in [0.5, 0.6) is 0 Å². The molecule has 14 heavy (non-hydrogen) atoms.